The minimum Gasteiger partial charge on any atom is -0.316 e. The van der Waals surface area contributed by atoms with Crippen LogP contribution in [0.25, 0.3) is 0 Å². The lowest BCUT2D eigenvalue weighted by Crippen LogP contribution is -2.47. The normalized spacial score (nSPS) is 26.4. The van der Waals surface area contributed by atoms with Gasteiger partial charge in [-0.15, -0.1) is 0 Å². The quantitative estimate of drug-likeness (QED) is 0.682. The van der Waals surface area contributed by atoms with Crippen LogP contribution in [-0.2, 0) is 4.79 Å². The van der Waals surface area contributed by atoms with Gasteiger partial charge in [0.25, 0.3) is 0 Å². The molecule has 0 bridgehead atoms. The Kier molecular flexibility index (Phi) is 2.18. The number of ketones is 1. The third kappa shape index (κ3) is 1.69. The average molecular weight is 167 g/mol. The van der Waals surface area contributed by atoms with Gasteiger partial charge >= 0.3 is 0 Å². The third-order valence-electron chi connectivity index (χ3n) is 3.21. The molecule has 2 aliphatic rings. The van der Waals surface area contributed by atoms with Crippen molar-refractivity contribution in [3.05, 3.63) is 0 Å². The van der Waals surface area contributed by atoms with E-state index < -0.39 is 0 Å². The summed E-state index contributed by atoms with van der Waals surface area (Å²) < 4.78 is 0. The molecule has 1 N–H and O–H groups in total. The number of carbonyl (C=O) groups is 1. The Hall–Kier alpha value is -0.370. The van der Waals surface area contributed by atoms with Crippen molar-refractivity contribution in [2.45, 2.75) is 26.2 Å². The van der Waals surface area contributed by atoms with Gasteiger partial charge in [0.1, 0.15) is 5.78 Å². The van der Waals surface area contributed by atoms with Gasteiger partial charge in [-0.05, 0) is 37.8 Å². The predicted octanol–water partition coefficient (Wildman–Crippen LogP) is 1.21. The third-order valence-corrected chi connectivity index (χ3v) is 3.21. The van der Waals surface area contributed by atoms with Crippen molar-refractivity contribution in [1.82, 2.24) is 5.32 Å². The monoisotopic (exact) mass is 167 g/mol. The van der Waals surface area contributed by atoms with Crippen LogP contribution in [0.5, 0.6) is 0 Å². The van der Waals surface area contributed by atoms with E-state index in [2.05, 4.69) is 12.2 Å². The van der Waals surface area contributed by atoms with E-state index in [9.17, 15) is 4.79 Å². The summed E-state index contributed by atoms with van der Waals surface area (Å²) in [4.78, 5) is 11.6. The predicted molar refractivity (Wildman–Crippen MR) is 47.9 cm³/mol. The lowest BCUT2D eigenvalue weighted by atomic mass is 9.84. The average Bonchev–Trinajstić information content (AvgIpc) is 2.67. The molecule has 0 amide bonds. The summed E-state index contributed by atoms with van der Waals surface area (Å²) in [7, 11) is 0. The molecule has 0 aromatic carbocycles. The van der Waals surface area contributed by atoms with Gasteiger partial charge in [-0.2, -0.15) is 0 Å². The Morgan fingerprint density at radius 2 is 2.17 bits per heavy atom. The first kappa shape index (κ1) is 8.24. The van der Waals surface area contributed by atoms with Crippen LogP contribution in [0.1, 0.15) is 26.2 Å². The molecule has 0 spiro atoms. The zero-order valence-electron chi connectivity index (χ0n) is 7.68. The second kappa shape index (κ2) is 3.17. The Morgan fingerprint density at radius 1 is 1.50 bits per heavy atom. The van der Waals surface area contributed by atoms with Crippen LogP contribution < -0.4 is 5.32 Å². The van der Waals surface area contributed by atoms with Crippen molar-refractivity contribution >= 4 is 5.78 Å². The molecular formula is C10H17NO. The molecule has 2 fully saturated rings. The van der Waals surface area contributed by atoms with Crippen LogP contribution in [0.4, 0.5) is 0 Å². The van der Waals surface area contributed by atoms with E-state index in [1.807, 2.05) is 0 Å². The van der Waals surface area contributed by atoms with E-state index in [0.717, 1.165) is 25.4 Å². The fourth-order valence-corrected chi connectivity index (χ4v) is 1.72. The van der Waals surface area contributed by atoms with Gasteiger partial charge in [-0.1, -0.05) is 6.92 Å². The van der Waals surface area contributed by atoms with E-state index in [1.165, 1.54) is 12.8 Å². The molecule has 1 aliphatic carbocycles. The van der Waals surface area contributed by atoms with Crippen molar-refractivity contribution in [3.63, 3.8) is 0 Å². The Bertz CT molecular complexity index is 182. The van der Waals surface area contributed by atoms with Crippen LogP contribution in [0, 0.1) is 17.8 Å². The van der Waals surface area contributed by atoms with E-state index in [1.54, 1.807) is 0 Å². The highest BCUT2D eigenvalue weighted by Crippen LogP contribution is 2.34. The van der Waals surface area contributed by atoms with Crippen molar-refractivity contribution < 1.29 is 4.79 Å². The highest BCUT2D eigenvalue weighted by Gasteiger charge is 2.32. The molecule has 1 atom stereocenters. The SMILES string of the molecule is CC(C(=O)CC1CC1)C1CNC1. The summed E-state index contributed by atoms with van der Waals surface area (Å²) in [6, 6.07) is 0. The first-order chi connectivity index (χ1) is 5.77. The minimum absolute atomic E-state index is 0.312. The van der Waals surface area contributed by atoms with E-state index in [4.69, 9.17) is 0 Å². The van der Waals surface area contributed by atoms with Crippen LogP contribution >= 0.6 is 0 Å². The summed E-state index contributed by atoms with van der Waals surface area (Å²) in [6.07, 6.45) is 3.44. The summed E-state index contributed by atoms with van der Waals surface area (Å²) in [6.45, 7) is 4.20. The lowest BCUT2D eigenvalue weighted by Gasteiger charge is -2.31. The van der Waals surface area contributed by atoms with Gasteiger partial charge in [0.2, 0.25) is 0 Å². The molecule has 1 aliphatic heterocycles. The van der Waals surface area contributed by atoms with E-state index >= 15 is 0 Å². The lowest BCUT2D eigenvalue weighted by molar-refractivity contribution is -0.124. The first-order valence-electron chi connectivity index (χ1n) is 5.01. The molecule has 2 nitrogen and oxygen atoms in total. The smallest absolute Gasteiger partial charge is 0.136 e. The number of Topliss-reactive ketones (excluding diaryl/α,β-unsaturated/α-hetero) is 1. The second-order valence-corrected chi connectivity index (χ2v) is 4.32. The number of nitrogens with one attached hydrogen (secondary N) is 1. The molecule has 1 saturated carbocycles. The fourth-order valence-electron chi connectivity index (χ4n) is 1.72. The molecule has 0 aromatic rings. The van der Waals surface area contributed by atoms with Crippen LogP contribution in [0.3, 0.4) is 0 Å². The summed E-state index contributed by atoms with van der Waals surface area (Å²) in [5, 5.41) is 3.21. The van der Waals surface area contributed by atoms with Crippen molar-refractivity contribution in [1.29, 1.82) is 0 Å². The van der Waals surface area contributed by atoms with Crippen molar-refractivity contribution in [2.24, 2.45) is 17.8 Å². The molecule has 12 heavy (non-hydrogen) atoms. The zero-order valence-corrected chi connectivity index (χ0v) is 7.68. The standard InChI is InChI=1S/C10H17NO/c1-7(9-5-11-6-9)10(12)4-8-2-3-8/h7-9,11H,2-6H2,1H3. The highest BCUT2D eigenvalue weighted by atomic mass is 16.1. The number of hydrogen-bond acceptors (Lipinski definition) is 2. The number of carbonyl (C=O) groups excluding carboxylic acids is 1. The van der Waals surface area contributed by atoms with Gasteiger partial charge in [0, 0.05) is 12.3 Å². The molecular weight excluding hydrogens is 150 g/mol. The molecule has 1 heterocycles. The van der Waals surface area contributed by atoms with Gasteiger partial charge < -0.3 is 5.32 Å². The second-order valence-electron chi connectivity index (χ2n) is 4.32. The number of hydrogen-bond donors (Lipinski definition) is 1. The zero-order chi connectivity index (χ0) is 8.55. The first-order valence-corrected chi connectivity index (χ1v) is 5.01. The Balaban J connectivity index is 1.76. The summed E-state index contributed by atoms with van der Waals surface area (Å²) >= 11 is 0. The molecule has 0 radical (unpaired) electrons. The Labute approximate surface area is 73.7 Å². The maximum Gasteiger partial charge on any atom is 0.136 e. The molecule has 68 valence electrons. The van der Waals surface area contributed by atoms with Gasteiger partial charge in [0.05, 0.1) is 0 Å². The molecule has 0 aromatic heterocycles. The topological polar surface area (TPSA) is 29.1 Å². The van der Waals surface area contributed by atoms with Crippen LogP contribution in [-0.4, -0.2) is 18.9 Å². The fraction of sp³-hybridized carbons (Fsp3) is 0.900. The Morgan fingerprint density at radius 3 is 2.58 bits per heavy atom. The molecule has 2 rings (SSSR count). The van der Waals surface area contributed by atoms with Gasteiger partial charge in [-0.3, -0.25) is 4.79 Å². The van der Waals surface area contributed by atoms with Gasteiger partial charge in [-0.25, -0.2) is 0 Å². The maximum absolute atomic E-state index is 11.6. The van der Waals surface area contributed by atoms with E-state index in [-0.39, 0.29) is 0 Å². The molecule has 1 saturated heterocycles. The maximum atomic E-state index is 11.6. The van der Waals surface area contributed by atoms with Crippen LogP contribution in [0.15, 0.2) is 0 Å². The highest BCUT2D eigenvalue weighted by molar-refractivity contribution is 5.81. The van der Waals surface area contributed by atoms with E-state index in [0.29, 0.717) is 17.6 Å². The van der Waals surface area contributed by atoms with Crippen molar-refractivity contribution in [2.75, 3.05) is 13.1 Å². The summed E-state index contributed by atoms with van der Waals surface area (Å²) in [5.74, 6) is 2.21. The van der Waals surface area contributed by atoms with Crippen molar-refractivity contribution in [3.8, 4) is 0 Å². The summed E-state index contributed by atoms with van der Waals surface area (Å²) in [5.41, 5.74) is 0. The minimum atomic E-state index is 0.312. The molecule has 1 unspecified atom stereocenters. The van der Waals surface area contributed by atoms with Gasteiger partial charge in [0.15, 0.2) is 0 Å². The number of rotatable bonds is 4. The largest absolute Gasteiger partial charge is 0.316 e. The molecule has 2 heteroatoms. The van der Waals surface area contributed by atoms with Crippen LogP contribution in [0.2, 0.25) is 0 Å².